The van der Waals surface area contributed by atoms with Crippen LogP contribution in [0.2, 0.25) is 5.02 Å². The van der Waals surface area contributed by atoms with Gasteiger partial charge in [0.1, 0.15) is 11.6 Å². The van der Waals surface area contributed by atoms with Crippen molar-refractivity contribution in [2.75, 3.05) is 5.75 Å². The van der Waals surface area contributed by atoms with E-state index in [2.05, 4.69) is 5.32 Å². The Morgan fingerprint density at radius 2 is 2.13 bits per heavy atom. The normalized spacial score (nSPS) is 16.7. The molecule has 1 N–H and O–H groups in total. The molecule has 23 heavy (non-hydrogen) atoms. The molecule has 120 valence electrons. The Morgan fingerprint density at radius 1 is 1.30 bits per heavy atom. The average Bonchev–Trinajstić information content (AvgIpc) is 2.52. The summed E-state index contributed by atoms with van der Waals surface area (Å²) in [4.78, 5) is 13.2. The molecular formula is C17H14ClF2NOS. The first-order valence-corrected chi connectivity index (χ1v) is 8.55. The van der Waals surface area contributed by atoms with Crippen LogP contribution in [0.3, 0.4) is 0 Å². The molecule has 0 fully saturated rings. The molecule has 6 heteroatoms. The summed E-state index contributed by atoms with van der Waals surface area (Å²) in [7, 11) is 0. The molecule has 0 aromatic heterocycles. The average molecular weight is 354 g/mol. The van der Waals surface area contributed by atoms with Gasteiger partial charge in [0, 0.05) is 21.2 Å². The lowest BCUT2D eigenvalue weighted by atomic mass is 10.0. The molecule has 1 heterocycles. The minimum absolute atomic E-state index is 0.139. The maximum atomic E-state index is 13.8. The summed E-state index contributed by atoms with van der Waals surface area (Å²) in [6, 6.07) is 8.64. The van der Waals surface area contributed by atoms with Crippen molar-refractivity contribution >= 4 is 29.3 Å². The first-order valence-electron chi connectivity index (χ1n) is 7.19. The summed E-state index contributed by atoms with van der Waals surface area (Å²) in [5, 5.41) is 3.09. The molecule has 0 aliphatic carbocycles. The van der Waals surface area contributed by atoms with Crippen LogP contribution in [-0.4, -0.2) is 11.7 Å². The fraction of sp³-hybridized carbons (Fsp3) is 0.235. The number of halogens is 3. The first-order chi connectivity index (χ1) is 11.0. The monoisotopic (exact) mass is 353 g/mol. The summed E-state index contributed by atoms with van der Waals surface area (Å²) in [5.41, 5.74) is 0.950. The highest BCUT2D eigenvalue weighted by molar-refractivity contribution is 7.99. The van der Waals surface area contributed by atoms with E-state index in [1.54, 1.807) is 23.9 Å². The van der Waals surface area contributed by atoms with Gasteiger partial charge in [0.2, 0.25) is 5.91 Å². The number of amides is 1. The zero-order valence-electron chi connectivity index (χ0n) is 12.1. The van der Waals surface area contributed by atoms with Crippen LogP contribution in [0.25, 0.3) is 0 Å². The van der Waals surface area contributed by atoms with E-state index >= 15 is 0 Å². The van der Waals surface area contributed by atoms with Crippen LogP contribution in [0.5, 0.6) is 0 Å². The van der Waals surface area contributed by atoms with Crippen LogP contribution in [0.1, 0.15) is 23.6 Å². The lowest BCUT2D eigenvalue weighted by Crippen LogP contribution is -2.32. The number of nitrogens with one attached hydrogen (secondary N) is 1. The third kappa shape index (κ3) is 3.67. The number of hydrogen-bond donors (Lipinski definition) is 1. The molecule has 0 saturated carbocycles. The van der Waals surface area contributed by atoms with Gasteiger partial charge in [0.25, 0.3) is 0 Å². The predicted molar refractivity (Wildman–Crippen MR) is 87.7 cm³/mol. The summed E-state index contributed by atoms with van der Waals surface area (Å²) in [6.07, 6.45) is 0.567. The van der Waals surface area contributed by atoms with Crippen molar-refractivity contribution in [3.63, 3.8) is 0 Å². The van der Waals surface area contributed by atoms with Crippen molar-refractivity contribution in [2.45, 2.75) is 23.8 Å². The van der Waals surface area contributed by atoms with Crippen LogP contribution in [-0.2, 0) is 11.2 Å². The predicted octanol–water partition coefficient (Wildman–Crippen LogP) is 4.51. The number of carbonyl (C=O) groups excluding carboxylic acids is 1. The lowest BCUT2D eigenvalue weighted by molar-refractivity contribution is -0.121. The van der Waals surface area contributed by atoms with Crippen molar-refractivity contribution in [3.8, 4) is 0 Å². The number of hydrogen-bond acceptors (Lipinski definition) is 2. The van der Waals surface area contributed by atoms with Crippen molar-refractivity contribution in [2.24, 2.45) is 0 Å². The van der Waals surface area contributed by atoms with Gasteiger partial charge in [-0.2, -0.15) is 0 Å². The zero-order chi connectivity index (χ0) is 16.4. The smallest absolute Gasteiger partial charge is 0.225 e. The van der Waals surface area contributed by atoms with E-state index in [9.17, 15) is 13.6 Å². The summed E-state index contributed by atoms with van der Waals surface area (Å²) >= 11 is 7.58. The number of benzene rings is 2. The topological polar surface area (TPSA) is 29.1 Å². The minimum Gasteiger partial charge on any atom is -0.349 e. The maximum absolute atomic E-state index is 13.8. The molecule has 0 radical (unpaired) electrons. The summed E-state index contributed by atoms with van der Waals surface area (Å²) < 4.78 is 27.2. The summed E-state index contributed by atoms with van der Waals surface area (Å²) in [6.45, 7) is 0. The molecular weight excluding hydrogens is 340 g/mol. The number of carbonyl (C=O) groups is 1. The second-order valence-electron chi connectivity index (χ2n) is 5.32. The van der Waals surface area contributed by atoms with Crippen LogP contribution >= 0.6 is 23.4 Å². The molecule has 0 spiro atoms. The van der Waals surface area contributed by atoms with E-state index in [1.165, 1.54) is 24.3 Å². The zero-order valence-corrected chi connectivity index (χ0v) is 13.7. The van der Waals surface area contributed by atoms with Crippen LogP contribution in [0.15, 0.2) is 41.3 Å². The van der Waals surface area contributed by atoms with E-state index in [0.717, 1.165) is 16.2 Å². The van der Waals surface area contributed by atoms with Gasteiger partial charge < -0.3 is 5.32 Å². The third-order valence-electron chi connectivity index (χ3n) is 3.75. The van der Waals surface area contributed by atoms with Gasteiger partial charge >= 0.3 is 0 Å². The molecule has 1 aliphatic rings. The van der Waals surface area contributed by atoms with Crippen LogP contribution in [0, 0.1) is 11.6 Å². The van der Waals surface area contributed by atoms with Crippen molar-refractivity contribution in [3.05, 3.63) is 64.2 Å². The van der Waals surface area contributed by atoms with Crippen molar-refractivity contribution in [1.29, 1.82) is 0 Å². The van der Waals surface area contributed by atoms with Gasteiger partial charge in [0.15, 0.2) is 0 Å². The van der Waals surface area contributed by atoms with Gasteiger partial charge in [-0.25, -0.2) is 8.78 Å². The molecule has 1 aliphatic heterocycles. The Hall–Kier alpha value is -1.59. The van der Waals surface area contributed by atoms with E-state index < -0.39 is 5.82 Å². The van der Waals surface area contributed by atoms with Gasteiger partial charge in [-0.1, -0.05) is 17.7 Å². The molecule has 3 rings (SSSR count). The lowest BCUT2D eigenvalue weighted by Gasteiger charge is -2.26. The number of thioether (sulfide) groups is 1. The molecule has 2 aromatic carbocycles. The van der Waals surface area contributed by atoms with Gasteiger partial charge in [0.05, 0.1) is 12.5 Å². The molecule has 0 unspecified atom stereocenters. The highest BCUT2D eigenvalue weighted by Gasteiger charge is 2.23. The van der Waals surface area contributed by atoms with Gasteiger partial charge in [-0.3, -0.25) is 4.79 Å². The van der Waals surface area contributed by atoms with Gasteiger partial charge in [-0.05, 0) is 42.3 Å². The quantitative estimate of drug-likeness (QED) is 0.879. The molecule has 2 nitrogen and oxygen atoms in total. The Kier molecular flexibility index (Phi) is 4.87. The Bertz CT molecular complexity index is 733. The summed E-state index contributed by atoms with van der Waals surface area (Å²) in [5.74, 6) is -0.325. The number of rotatable bonds is 3. The third-order valence-corrected chi connectivity index (χ3v) is 5.22. The maximum Gasteiger partial charge on any atom is 0.225 e. The van der Waals surface area contributed by atoms with E-state index in [-0.39, 0.29) is 34.8 Å². The molecule has 1 atom stereocenters. The second-order valence-corrected chi connectivity index (χ2v) is 6.86. The SMILES string of the molecule is O=C(Cc1c(F)cccc1Cl)N[C@H]1CCSc2ccc(F)cc21. The van der Waals surface area contributed by atoms with Gasteiger partial charge in [-0.15, -0.1) is 11.8 Å². The standard InChI is InChI=1S/C17H14ClF2NOS/c18-13-2-1-3-14(20)11(13)9-17(22)21-15-6-7-23-16-5-4-10(19)8-12(15)16/h1-5,8,15H,6-7,9H2,(H,21,22)/t15-/m0/s1. The van der Waals surface area contributed by atoms with Crippen molar-refractivity contribution < 1.29 is 13.6 Å². The number of fused-ring (bicyclic) bond motifs is 1. The van der Waals surface area contributed by atoms with E-state index in [4.69, 9.17) is 11.6 Å². The fourth-order valence-electron chi connectivity index (χ4n) is 2.62. The molecule has 0 saturated heterocycles. The van der Waals surface area contributed by atoms with E-state index in [1.807, 2.05) is 0 Å². The Balaban J connectivity index is 1.76. The molecule has 0 bridgehead atoms. The molecule has 1 amide bonds. The van der Waals surface area contributed by atoms with E-state index in [0.29, 0.717) is 6.42 Å². The Labute approximate surface area is 142 Å². The fourth-order valence-corrected chi connectivity index (χ4v) is 3.96. The van der Waals surface area contributed by atoms with Crippen LogP contribution < -0.4 is 5.32 Å². The second kappa shape index (κ2) is 6.89. The van der Waals surface area contributed by atoms with Crippen LogP contribution in [0.4, 0.5) is 8.78 Å². The Morgan fingerprint density at radius 3 is 2.91 bits per heavy atom. The highest BCUT2D eigenvalue weighted by atomic mass is 35.5. The van der Waals surface area contributed by atoms with Crippen molar-refractivity contribution in [1.82, 2.24) is 5.32 Å². The largest absolute Gasteiger partial charge is 0.349 e. The minimum atomic E-state index is -0.502. The highest BCUT2D eigenvalue weighted by Crippen LogP contribution is 2.36. The molecule has 2 aromatic rings. The first kappa shape index (κ1) is 16.3.